The summed E-state index contributed by atoms with van der Waals surface area (Å²) in [5, 5.41) is 24.0. The molecule has 3 aromatic heterocycles. The Bertz CT molecular complexity index is 1440. The molecule has 0 radical (unpaired) electrons. The first kappa shape index (κ1) is 23.7. The lowest BCUT2D eigenvalue weighted by atomic mass is 9.95. The molecule has 0 saturated heterocycles. The topological polar surface area (TPSA) is 120 Å². The van der Waals surface area contributed by atoms with Crippen LogP contribution in [0.15, 0.2) is 42.7 Å². The molecule has 0 saturated carbocycles. The molecular formula is C27H27N5O3S. The van der Waals surface area contributed by atoms with E-state index in [1.807, 2.05) is 32.0 Å². The molecular weight excluding hydrogens is 474 g/mol. The number of carbonyl (C=O) groups is 2. The molecule has 0 unspecified atom stereocenters. The number of carbonyl (C=O) groups excluding carboxylic acids is 2. The third-order valence-electron chi connectivity index (χ3n) is 6.60. The van der Waals surface area contributed by atoms with E-state index < -0.39 is 5.91 Å². The number of rotatable bonds is 6. The number of nitrogens with zero attached hydrogens (tertiary/aromatic N) is 2. The van der Waals surface area contributed by atoms with Crippen LogP contribution in [0, 0.1) is 13.8 Å². The van der Waals surface area contributed by atoms with Crippen molar-refractivity contribution in [2.75, 3.05) is 5.32 Å². The Morgan fingerprint density at radius 3 is 2.78 bits per heavy atom. The molecule has 0 aliphatic heterocycles. The first-order valence-corrected chi connectivity index (χ1v) is 12.7. The number of hydrogen-bond donors (Lipinski definition) is 4. The fourth-order valence-electron chi connectivity index (χ4n) is 4.42. The molecule has 3 heterocycles. The van der Waals surface area contributed by atoms with E-state index in [9.17, 15) is 14.7 Å². The molecule has 184 valence electrons. The first-order valence-electron chi connectivity index (χ1n) is 11.9. The molecule has 1 aliphatic rings. The van der Waals surface area contributed by atoms with Crippen LogP contribution in [0.25, 0.3) is 11.3 Å². The molecule has 2 amide bonds. The van der Waals surface area contributed by atoms with E-state index >= 15 is 0 Å². The zero-order valence-corrected chi connectivity index (χ0v) is 21.0. The molecule has 8 nitrogen and oxygen atoms in total. The highest BCUT2D eigenvalue weighted by molar-refractivity contribution is 7.17. The second-order valence-corrected chi connectivity index (χ2v) is 10.1. The van der Waals surface area contributed by atoms with Crippen molar-refractivity contribution in [1.29, 1.82) is 0 Å². The zero-order chi connectivity index (χ0) is 25.2. The number of nitrogens with one attached hydrogen (secondary N) is 3. The van der Waals surface area contributed by atoms with Gasteiger partial charge in [-0.05, 0) is 80.0 Å². The highest BCUT2D eigenvalue weighted by Crippen LogP contribution is 2.38. The number of thiophene rings is 1. The Labute approximate surface area is 212 Å². The maximum Gasteiger partial charge on any atom is 0.274 e. The first-order chi connectivity index (χ1) is 17.4. The Morgan fingerprint density at radius 1 is 1.14 bits per heavy atom. The maximum absolute atomic E-state index is 13.3. The minimum atomic E-state index is -0.392. The van der Waals surface area contributed by atoms with E-state index in [4.69, 9.17) is 0 Å². The molecule has 4 aromatic rings. The van der Waals surface area contributed by atoms with Crippen LogP contribution < -0.4 is 10.6 Å². The van der Waals surface area contributed by atoms with Crippen LogP contribution >= 0.6 is 11.3 Å². The lowest BCUT2D eigenvalue weighted by Crippen LogP contribution is -2.25. The molecule has 0 spiro atoms. The number of aromatic hydroxyl groups is 1. The molecule has 5 rings (SSSR count). The van der Waals surface area contributed by atoms with Crippen molar-refractivity contribution in [3.05, 3.63) is 81.1 Å². The van der Waals surface area contributed by atoms with Gasteiger partial charge in [-0.1, -0.05) is 12.1 Å². The molecule has 1 aromatic carbocycles. The number of aromatic amines is 1. The van der Waals surface area contributed by atoms with E-state index in [1.165, 1.54) is 11.3 Å². The number of benzene rings is 1. The Morgan fingerprint density at radius 2 is 1.97 bits per heavy atom. The Kier molecular flexibility index (Phi) is 6.56. The molecule has 9 heteroatoms. The normalized spacial score (nSPS) is 12.7. The maximum atomic E-state index is 13.3. The van der Waals surface area contributed by atoms with Crippen molar-refractivity contribution in [1.82, 2.24) is 20.5 Å². The summed E-state index contributed by atoms with van der Waals surface area (Å²) < 4.78 is 0. The van der Waals surface area contributed by atoms with Gasteiger partial charge in [0.1, 0.15) is 16.4 Å². The SMILES string of the molecule is Cc1ccc(-c2cc(C(=O)Nc3sc4c(c3C(=O)NCc3cccnc3)CCCC4)[nH]n2)c(O)c1C. The lowest BCUT2D eigenvalue weighted by molar-refractivity contribution is 0.0951. The Hall–Kier alpha value is -3.98. The van der Waals surface area contributed by atoms with Gasteiger partial charge >= 0.3 is 0 Å². The van der Waals surface area contributed by atoms with E-state index in [0.29, 0.717) is 28.4 Å². The fourth-order valence-corrected chi connectivity index (χ4v) is 5.70. The highest BCUT2D eigenvalue weighted by atomic mass is 32.1. The van der Waals surface area contributed by atoms with Crippen LogP contribution in [0.2, 0.25) is 0 Å². The third kappa shape index (κ3) is 4.61. The van der Waals surface area contributed by atoms with E-state index in [0.717, 1.165) is 52.8 Å². The smallest absolute Gasteiger partial charge is 0.274 e. The van der Waals surface area contributed by atoms with Gasteiger partial charge in [0.15, 0.2) is 0 Å². The number of H-pyrrole nitrogens is 1. The van der Waals surface area contributed by atoms with Crippen molar-refractivity contribution in [3.63, 3.8) is 0 Å². The number of fused-ring (bicyclic) bond motifs is 1. The standard InChI is InChI=1S/C27H27N5O3S/c1-15-9-10-18(24(33)16(15)2)20-12-21(32-31-20)25(34)30-27-23(19-7-3-4-8-22(19)36-27)26(35)29-14-17-6-5-11-28-13-17/h5-6,9-13,33H,3-4,7-8,14H2,1-2H3,(H,29,35)(H,30,34)(H,31,32). The van der Waals surface area contributed by atoms with Crippen molar-refractivity contribution in [3.8, 4) is 17.0 Å². The van der Waals surface area contributed by atoms with E-state index in [1.54, 1.807) is 24.5 Å². The van der Waals surface area contributed by atoms with Crippen LogP contribution in [0.4, 0.5) is 5.00 Å². The van der Waals surface area contributed by atoms with Crippen LogP contribution in [0.5, 0.6) is 5.75 Å². The Balaban J connectivity index is 1.39. The van der Waals surface area contributed by atoms with Gasteiger partial charge in [0.05, 0.1) is 11.3 Å². The number of hydrogen-bond acceptors (Lipinski definition) is 6. The minimum Gasteiger partial charge on any atom is -0.507 e. The number of pyridine rings is 1. The van der Waals surface area contributed by atoms with Crippen LogP contribution in [-0.4, -0.2) is 32.1 Å². The number of phenols is 1. The lowest BCUT2D eigenvalue weighted by Gasteiger charge is -2.13. The van der Waals surface area contributed by atoms with Gasteiger partial charge in [-0.2, -0.15) is 5.10 Å². The summed E-state index contributed by atoms with van der Waals surface area (Å²) in [4.78, 5) is 31.6. The zero-order valence-electron chi connectivity index (χ0n) is 20.1. The van der Waals surface area contributed by atoms with Gasteiger partial charge in [-0.3, -0.25) is 19.7 Å². The monoisotopic (exact) mass is 501 g/mol. The van der Waals surface area contributed by atoms with E-state index in [2.05, 4.69) is 25.8 Å². The largest absolute Gasteiger partial charge is 0.507 e. The van der Waals surface area contributed by atoms with Crippen LogP contribution in [-0.2, 0) is 19.4 Å². The molecule has 0 fully saturated rings. The van der Waals surface area contributed by atoms with Crippen molar-refractivity contribution in [2.24, 2.45) is 0 Å². The van der Waals surface area contributed by atoms with Crippen molar-refractivity contribution < 1.29 is 14.7 Å². The van der Waals surface area contributed by atoms with Crippen molar-refractivity contribution in [2.45, 2.75) is 46.1 Å². The average molecular weight is 502 g/mol. The second kappa shape index (κ2) is 9.94. The summed E-state index contributed by atoms with van der Waals surface area (Å²) >= 11 is 1.46. The van der Waals surface area contributed by atoms with Gasteiger partial charge in [0.25, 0.3) is 11.8 Å². The van der Waals surface area contributed by atoms with Gasteiger partial charge < -0.3 is 15.7 Å². The number of amides is 2. The summed E-state index contributed by atoms with van der Waals surface area (Å²) in [5.74, 6) is -0.456. The van der Waals surface area contributed by atoms with Gasteiger partial charge in [0.2, 0.25) is 0 Å². The summed E-state index contributed by atoms with van der Waals surface area (Å²) in [5.41, 5.74) is 5.48. The van der Waals surface area contributed by atoms with Crippen LogP contribution in [0.1, 0.15) is 60.8 Å². The molecule has 4 N–H and O–H groups in total. The third-order valence-corrected chi connectivity index (χ3v) is 7.81. The minimum absolute atomic E-state index is 0.145. The summed E-state index contributed by atoms with van der Waals surface area (Å²) in [6, 6.07) is 9.03. The number of phenolic OH excluding ortho intramolecular Hbond substituents is 1. The number of anilines is 1. The predicted octanol–water partition coefficient (Wildman–Crippen LogP) is 4.92. The number of aromatic nitrogens is 3. The summed E-state index contributed by atoms with van der Waals surface area (Å²) in [6.45, 7) is 4.12. The molecule has 1 aliphatic carbocycles. The molecule has 0 atom stereocenters. The van der Waals surface area contributed by atoms with Crippen molar-refractivity contribution >= 4 is 28.2 Å². The molecule has 36 heavy (non-hydrogen) atoms. The summed E-state index contributed by atoms with van der Waals surface area (Å²) in [7, 11) is 0. The quantitative estimate of drug-likeness (QED) is 0.299. The average Bonchev–Trinajstić information content (AvgIpc) is 3.52. The summed E-state index contributed by atoms with van der Waals surface area (Å²) in [6.07, 6.45) is 7.21. The molecule has 0 bridgehead atoms. The van der Waals surface area contributed by atoms with Gasteiger partial charge in [-0.15, -0.1) is 11.3 Å². The second-order valence-electron chi connectivity index (χ2n) is 8.98. The fraction of sp³-hybridized carbons (Fsp3) is 0.259. The predicted molar refractivity (Wildman–Crippen MR) is 139 cm³/mol. The van der Waals surface area contributed by atoms with Crippen LogP contribution in [0.3, 0.4) is 0 Å². The van der Waals surface area contributed by atoms with Gasteiger partial charge in [0, 0.05) is 29.4 Å². The van der Waals surface area contributed by atoms with E-state index in [-0.39, 0.29) is 17.4 Å². The van der Waals surface area contributed by atoms with Gasteiger partial charge in [-0.25, -0.2) is 0 Å². The number of aryl methyl sites for hydroxylation is 2. The highest BCUT2D eigenvalue weighted by Gasteiger charge is 2.27.